The molecule has 2 nitrogen and oxygen atoms in total. The molecule has 124 valence electrons. The Morgan fingerprint density at radius 3 is 1.30 bits per heavy atom. The molecule has 0 spiro atoms. The lowest BCUT2D eigenvalue weighted by atomic mass is 9.86. The van der Waals surface area contributed by atoms with E-state index in [0.717, 1.165) is 19.5 Å². The SMILES string of the molecule is CC(C)(CC(C)(C)NCc1ccccc1)NCc1ccccc1. The summed E-state index contributed by atoms with van der Waals surface area (Å²) in [5.74, 6) is 0. The van der Waals surface area contributed by atoms with Crippen LogP contribution in [0.3, 0.4) is 0 Å². The molecule has 2 heteroatoms. The molecule has 2 aromatic carbocycles. The lowest BCUT2D eigenvalue weighted by Crippen LogP contribution is -2.50. The molecule has 2 rings (SSSR count). The van der Waals surface area contributed by atoms with Crippen LogP contribution in [0.2, 0.25) is 0 Å². The molecule has 0 saturated heterocycles. The van der Waals surface area contributed by atoms with Crippen molar-refractivity contribution in [3.63, 3.8) is 0 Å². The highest BCUT2D eigenvalue weighted by atomic mass is 15.0. The van der Waals surface area contributed by atoms with Crippen LogP contribution >= 0.6 is 0 Å². The third-order valence-corrected chi connectivity index (χ3v) is 4.11. The van der Waals surface area contributed by atoms with Crippen molar-refractivity contribution >= 4 is 0 Å². The van der Waals surface area contributed by atoms with E-state index in [2.05, 4.69) is 99.0 Å². The van der Waals surface area contributed by atoms with Crippen LogP contribution in [0.1, 0.15) is 45.2 Å². The minimum atomic E-state index is 0.0724. The lowest BCUT2D eigenvalue weighted by molar-refractivity contribution is 0.246. The molecule has 0 aromatic heterocycles. The summed E-state index contributed by atoms with van der Waals surface area (Å²) in [6.45, 7) is 10.9. The Labute approximate surface area is 141 Å². The van der Waals surface area contributed by atoms with Crippen LogP contribution in [-0.4, -0.2) is 11.1 Å². The maximum absolute atomic E-state index is 3.69. The molecular formula is C21H30N2. The van der Waals surface area contributed by atoms with E-state index in [1.807, 2.05) is 0 Å². The van der Waals surface area contributed by atoms with Crippen molar-refractivity contribution in [3.8, 4) is 0 Å². The van der Waals surface area contributed by atoms with Gasteiger partial charge in [-0.3, -0.25) is 0 Å². The van der Waals surface area contributed by atoms with Crippen LogP contribution < -0.4 is 10.6 Å². The number of hydrogen-bond acceptors (Lipinski definition) is 2. The zero-order chi connectivity index (χ0) is 16.8. The second kappa shape index (κ2) is 7.76. The molecule has 0 aliphatic carbocycles. The van der Waals surface area contributed by atoms with Gasteiger partial charge in [-0.25, -0.2) is 0 Å². The Morgan fingerprint density at radius 2 is 0.957 bits per heavy atom. The smallest absolute Gasteiger partial charge is 0.0210 e. The number of rotatable bonds is 8. The molecule has 2 aromatic rings. The fraction of sp³-hybridized carbons (Fsp3) is 0.429. The van der Waals surface area contributed by atoms with Gasteiger partial charge in [-0.1, -0.05) is 60.7 Å². The van der Waals surface area contributed by atoms with Crippen molar-refractivity contribution in [3.05, 3.63) is 71.8 Å². The van der Waals surface area contributed by atoms with Crippen LogP contribution in [-0.2, 0) is 13.1 Å². The van der Waals surface area contributed by atoms with Gasteiger partial charge in [0.15, 0.2) is 0 Å². The highest BCUT2D eigenvalue weighted by molar-refractivity contribution is 5.15. The van der Waals surface area contributed by atoms with Crippen molar-refractivity contribution in [1.29, 1.82) is 0 Å². The number of benzene rings is 2. The summed E-state index contributed by atoms with van der Waals surface area (Å²) in [6, 6.07) is 21.2. The first-order chi connectivity index (χ1) is 10.9. The van der Waals surface area contributed by atoms with E-state index in [4.69, 9.17) is 0 Å². The highest BCUT2D eigenvalue weighted by Gasteiger charge is 2.27. The van der Waals surface area contributed by atoms with E-state index in [1.165, 1.54) is 11.1 Å². The quantitative estimate of drug-likeness (QED) is 0.749. The molecule has 0 heterocycles. The van der Waals surface area contributed by atoms with Crippen LogP contribution in [0.5, 0.6) is 0 Å². The summed E-state index contributed by atoms with van der Waals surface area (Å²) in [6.07, 6.45) is 1.06. The summed E-state index contributed by atoms with van der Waals surface area (Å²) >= 11 is 0. The average Bonchev–Trinajstić information content (AvgIpc) is 2.52. The molecule has 0 unspecified atom stereocenters. The van der Waals surface area contributed by atoms with E-state index < -0.39 is 0 Å². The van der Waals surface area contributed by atoms with Crippen molar-refractivity contribution in [2.45, 2.75) is 58.3 Å². The Morgan fingerprint density at radius 1 is 0.609 bits per heavy atom. The average molecular weight is 310 g/mol. The standard InChI is InChI=1S/C21H30N2/c1-20(2,22-15-18-11-7-5-8-12-18)17-21(3,4)23-16-19-13-9-6-10-14-19/h5-14,22-23H,15-17H2,1-4H3. The first kappa shape index (κ1) is 17.7. The van der Waals surface area contributed by atoms with Crippen molar-refractivity contribution < 1.29 is 0 Å². The van der Waals surface area contributed by atoms with E-state index in [9.17, 15) is 0 Å². The van der Waals surface area contributed by atoms with Gasteiger partial charge in [-0.15, -0.1) is 0 Å². The molecule has 0 aliphatic heterocycles. The van der Waals surface area contributed by atoms with Gasteiger partial charge in [-0.2, -0.15) is 0 Å². The second-order valence-electron chi connectivity index (χ2n) is 7.62. The largest absolute Gasteiger partial charge is 0.308 e. The van der Waals surface area contributed by atoms with Gasteiger partial charge in [0.25, 0.3) is 0 Å². The Kier molecular flexibility index (Phi) is 5.97. The van der Waals surface area contributed by atoms with E-state index in [-0.39, 0.29) is 11.1 Å². The molecule has 0 radical (unpaired) electrons. The first-order valence-electron chi connectivity index (χ1n) is 8.44. The lowest BCUT2D eigenvalue weighted by Gasteiger charge is -2.37. The van der Waals surface area contributed by atoms with Gasteiger partial charge >= 0.3 is 0 Å². The molecule has 0 amide bonds. The Hall–Kier alpha value is -1.64. The van der Waals surface area contributed by atoms with E-state index in [1.54, 1.807) is 0 Å². The van der Waals surface area contributed by atoms with Crippen LogP contribution in [0.15, 0.2) is 60.7 Å². The van der Waals surface area contributed by atoms with Crippen LogP contribution in [0, 0.1) is 0 Å². The molecular weight excluding hydrogens is 280 g/mol. The predicted octanol–water partition coefficient (Wildman–Crippen LogP) is 4.51. The maximum Gasteiger partial charge on any atom is 0.0210 e. The first-order valence-corrected chi connectivity index (χ1v) is 8.44. The second-order valence-corrected chi connectivity index (χ2v) is 7.62. The monoisotopic (exact) mass is 310 g/mol. The summed E-state index contributed by atoms with van der Waals surface area (Å²) in [7, 11) is 0. The summed E-state index contributed by atoms with van der Waals surface area (Å²) in [5, 5.41) is 7.38. The molecule has 23 heavy (non-hydrogen) atoms. The minimum absolute atomic E-state index is 0.0724. The number of nitrogens with one attached hydrogen (secondary N) is 2. The van der Waals surface area contributed by atoms with Crippen LogP contribution in [0.25, 0.3) is 0 Å². The Balaban J connectivity index is 1.84. The zero-order valence-corrected chi connectivity index (χ0v) is 14.9. The molecule has 2 N–H and O–H groups in total. The summed E-state index contributed by atoms with van der Waals surface area (Å²) in [4.78, 5) is 0. The third kappa shape index (κ3) is 6.55. The Bertz CT molecular complexity index is 520. The van der Waals surface area contributed by atoms with Gasteiger partial charge in [0, 0.05) is 24.2 Å². The van der Waals surface area contributed by atoms with Gasteiger partial charge in [0.1, 0.15) is 0 Å². The summed E-state index contributed by atoms with van der Waals surface area (Å²) < 4.78 is 0. The molecule has 0 fully saturated rings. The van der Waals surface area contributed by atoms with Crippen molar-refractivity contribution in [1.82, 2.24) is 10.6 Å². The van der Waals surface area contributed by atoms with Gasteiger partial charge in [-0.05, 0) is 45.2 Å². The van der Waals surface area contributed by atoms with Crippen molar-refractivity contribution in [2.75, 3.05) is 0 Å². The highest BCUT2D eigenvalue weighted by Crippen LogP contribution is 2.21. The van der Waals surface area contributed by atoms with Crippen LogP contribution in [0.4, 0.5) is 0 Å². The van der Waals surface area contributed by atoms with E-state index in [0.29, 0.717) is 0 Å². The van der Waals surface area contributed by atoms with Gasteiger partial charge in [0.05, 0.1) is 0 Å². The fourth-order valence-corrected chi connectivity index (χ4v) is 3.10. The zero-order valence-electron chi connectivity index (χ0n) is 14.9. The van der Waals surface area contributed by atoms with Gasteiger partial charge < -0.3 is 10.6 Å². The fourth-order valence-electron chi connectivity index (χ4n) is 3.10. The molecule has 0 atom stereocenters. The molecule has 0 aliphatic rings. The maximum atomic E-state index is 3.69. The minimum Gasteiger partial charge on any atom is -0.308 e. The predicted molar refractivity (Wildman–Crippen MR) is 99.3 cm³/mol. The third-order valence-electron chi connectivity index (χ3n) is 4.11. The molecule has 0 bridgehead atoms. The normalized spacial score (nSPS) is 12.3. The summed E-state index contributed by atoms with van der Waals surface area (Å²) in [5.41, 5.74) is 2.80. The topological polar surface area (TPSA) is 24.1 Å². The van der Waals surface area contributed by atoms with Crippen molar-refractivity contribution in [2.24, 2.45) is 0 Å². The van der Waals surface area contributed by atoms with Gasteiger partial charge in [0.2, 0.25) is 0 Å². The van der Waals surface area contributed by atoms with E-state index >= 15 is 0 Å². The number of hydrogen-bond donors (Lipinski definition) is 2. The molecule has 0 saturated carbocycles.